The predicted molar refractivity (Wildman–Crippen MR) is 195 cm³/mol. The van der Waals surface area contributed by atoms with Crippen LogP contribution in [0.3, 0.4) is 0 Å². The van der Waals surface area contributed by atoms with Crippen LogP contribution in [0.4, 0.5) is 0 Å². The number of terminal acetylenes is 1. The summed E-state index contributed by atoms with van der Waals surface area (Å²) in [6.07, 6.45) is 17.1. The standard InChI is InChI=1S/C37H50N4O10/c1-5-29(24-31(46)26-43)17-23-40-36(51)15-20-37(41-33(48)6-2,18-13-34(49)38-21-9-7-8-10-32(47)28(4)44)19-14-35(50)39-22-16-27(3)11-12-30(45)25-42/h2,5,7-8,10-12,24-26,42-47H,1,3-4,9,13-23H2,(H,38,49)(H,39,50)(H,40,51)(H,41,48)/b8-7+,12-11-,29-24+,30-25-,31-26-,32-10+. The van der Waals surface area contributed by atoms with Crippen LogP contribution in [0.25, 0.3) is 0 Å². The first kappa shape index (κ1) is 44.9. The van der Waals surface area contributed by atoms with Gasteiger partial charge in [-0.15, -0.1) is 6.42 Å². The molecule has 0 fully saturated rings. The molecule has 51 heavy (non-hydrogen) atoms. The van der Waals surface area contributed by atoms with Gasteiger partial charge in [-0.05, 0) is 68.2 Å². The van der Waals surface area contributed by atoms with Crippen LogP contribution >= 0.6 is 0 Å². The van der Waals surface area contributed by atoms with E-state index in [1.165, 1.54) is 36.5 Å². The van der Waals surface area contributed by atoms with Crippen LogP contribution in [0, 0.1) is 12.3 Å². The lowest BCUT2D eigenvalue weighted by Gasteiger charge is -2.34. The molecule has 0 aliphatic heterocycles. The summed E-state index contributed by atoms with van der Waals surface area (Å²) in [7, 11) is 0. The number of hydrogen-bond donors (Lipinski definition) is 10. The van der Waals surface area contributed by atoms with Crippen molar-refractivity contribution in [3.05, 3.63) is 109 Å². The van der Waals surface area contributed by atoms with Crippen LogP contribution < -0.4 is 21.3 Å². The van der Waals surface area contributed by atoms with E-state index in [1.807, 2.05) is 5.92 Å². The molecule has 1 atom stereocenters. The maximum Gasteiger partial charge on any atom is 0.296 e. The number of carbonyl (C=O) groups is 4. The molecule has 0 aliphatic rings. The Kier molecular flexibility index (Phi) is 22.8. The summed E-state index contributed by atoms with van der Waals surface area (Å²) < 4.78 is 0. The number of aliphatic hydroxyl groups excluding tert-OH is 6. The second-order valence-corrected chi connectivity index (χ2v) is 11.2. The second kappa shape index (κ2) is 25.9. The minimum Gasteiger partial charge on any atom is -0.512 e. The Morgan fingerprint density at radius 2 is 1.27 bits per heavy atom. The van der Waals surface area contributed by atoms with Crippen molar-refractivity contribution in [1.82, 2.24) is 21.3 Å². The maximum absolute atomic E-state index is 12.8. The SMILES string of the molecule is C#CC(=O)NC(CCC(=O)NCC/C=C/C=C(/O)C(=C)O)(CCC(=O)NCCC(=C)/C=C\C(O)=C\O)CCC(=O)NCC/C(C=C)=C/C(O)=C/O. The van der Waals surface area contributed by atoms with Crippen molar-refractivity contribution in [1.29, 1.82) is 0 Å². The van der Waals surface area contributed by atoms with Crippen molar-refractivity contribution in [3.63, 3.8) is 0 Å². The summed E-state index contributed by atoms with van der Waals surface area (Å²) in [5.74, 6) is -1.56. The Morgan fingerprint density at radius 3 is 1.76 bits per heavy atom. The molecule has 278 valence electrons. The maximum atomic E-state index is 12.8. The van der Waals surface area contributed by atoms with Crippen LogP contribution in [0.1, 0.15) is 57.8 Å². The van der Waals surface area contributed by atoms with Crippen molar-refractivity contribution >= 4 is 23.6 Å². The monoisotopic (exact) mass is 710 g/mol. The Morgan fingerprint density at radius 1 is 0.745 bits per heavy atom. The zero-order valence-electron chi connectivity index (χ0n) is 28.7. The fraction of sp³-hybridized carbons (Fsp3) is 0.351. The fourth-order valence-corrected chi connectivity index (χ4v) is 4.31. The number of rotatable bonds is 25. The highest BCUT2D eigenvalue weighted by Gasteiger charge is 2.33. The summed E-state index contributed by atoms with van der Waals surface area (Å²) in [6, 6.07) is 0. The third kappa shape index (κ3) is 22.2. The van der Waals surface area contributed by atoms with Gasteiger partial charge in [0.05, 0.1) is 0 Å². The first-order valence-electron chi connectivity index (χ1n) is 16.0. The van der Waals surface area contributed by atoms with Crippen molar-refractivity contribution in [2.45, 2.75) is 63.3 Å². The summed E-state index contributed by atoms with van der Waals surface area (Å²) in [5.41, 5.74) is -0.115. The molecule has 10 N–H and O–H groups in total. The quantitative estimate of drug-likeness (QED) is 0.0275. The number of carbonyl (C=O) groups excluding carboxylic acids is 4. The van der Waals surface area contributed by atoms with E-state index >= 15 is 0 Å². The Labute approximate surface area is 298 Å². The van der Waals surface area contributed by atoms with Gasteiger partial charge in [0.25, 0.3) is 5.91 Å². The summed E-state index contributed by atoms with van der Waals surface area (Å²) in [6.45, 7) is 11.2. The molecule has 0 aliphatic carbocycles. The van der Waals surface area contributed by atoms with Crippen molar-refractivity contribution in [2.75, 3.05) is 19.6 Å². The lowest BCUT2D eigenvalue weighted by atomic mass is 9.83. The van der Waals surface area contributed by atoms with E-state index in [-0.39, 0.29) is 93.8 Å². The highest BCUT2D eigenvalue weighted by atomic mass is 16.3. The largest absolute Gasteiger partial charge is 0.512 e. The molecular formula is C37H50N4O10. The molecule has 0 saturated heterocycles. The molecule has 1 unspecified atom stereocenters. The van der Waals surface area contributed by atoms with Gasteiger partial charge in [0.2, 0.25) is 17.7 Å². The van der Waals surface area contributed by atoms with Crippen molar-refractivity contribution < 1.29 is 49.8 Å². The normalized spacial score (nSPS) is 13.5. The van der Waals surface area contributed by atoms with E-state index in [0.29, 0.717) is 36.5 Å². The topological polar surface area (TPSA) is 238 Å². The lowest BCUT2D eigenvalue weighted by Crippen LogP contribution is -2.50. The Bertz CT molecular complexity index is 1460. The zero-order valence-corrected chi connectivity index (χ0v) is 28.7. The molecule has 0 bridgehead atoms. The molecule has 0 aromatic heterocycles. The van der Waals surface area contributed by atoms with Crippen LogP contribution in [-0.4, -0.2) is 79.4 Å². The summed E-state index contributed by atoms with van der Waals surface area (Å²) in [4.78, 5) is 50.9. The van der Waals surface area contributed by atoms with Crippen LogP contribution in [0.2, 0.25) is 0 Å². The van der Waals surface area contributed by atoms with E-state index in [2.05, 4.69) is 41.0 Å². The smallest absolute Gasteiger partial charge is 0.296 e. The number of allylic oxidation sites excluding steroid dienone is 6. The summed E-state index contributed by atoms with van der Waals surface area (Å²) >= 11 is 0. The van der Waals surface area contributed by atoms with E-state index in [4.69, 9.17) is 21.7 Å². The predicted octanol–water partition coefficient (Wildman–Crippen LogP) is 4.54. The van der Waals surface area contributed by atoms with E-state index < -0.39 is 23.0 Å². The molecule has 0 rings (SSSR count). The van der Waals surface area contributed by atoms with Gasteiger partial charge in [-0.3, -0.25) is 19.2 Å². The number of amides is 4. The summed E-state index contributed by atoms with van der Waals surface area (Å²) in [5, 5.41) is 65.9. The first-order chi connectivity index (χ1) is 24.2. The van der Waals surface area contributed by atoms with Crippen molar-refractivity contribution in [2.24, 2.45) is 0 Å². The van der Waals surface area contributed by atoms with Gasteiger partial charge < -0.3 is 51.9 Å². The molecule has 4 amide bonds. The number of aliphatic hydroxyl groups is 6. The first-order valence-corrected chi connectivity index (χ1v) is 16.0. The Hall–Kier alpha value is -6.10. The third-order valence-electron chi connectivity index (χ3n) is 7.17. The minimum absolute atomic E-state index is 0.0309. The molecule has 14 nitrogen and oxygen atoms in total. The molecule has 0 saturated carbocycles. The van der Waals surface area contributed by atoms with E-state index in [1.54, 1.807) is 6.08 Å². The molecule has 0 spiro atoms. The van der Waals surface area contributed by atoms with Crippen LogP contribution in [-0.2, 0) is 19.2 Å². The van der Waals surface area contributed by atoms with Gasteiger partial charge in [-0.1, -0.05) is 49.6 Å². The molecule has 0 radical (unpaired) electrons. The van der Waals surface area contributed by atoms with Gasteiger partial charge in [0.15, 0.2) is 5.76 Å². The number of hydrogen-bond acceptors (Lipinski definition) is 10. The van der Waals surface area contributed by atoms with Crippen LogP contribution in [0.15, 0.2) is 109 Å². The van der Waals surface area contributed by atoms with Gasteiger partial charge >= 0.3 is 0 Å². The fourth-order valence-electron chi connectivity index (χ4n) is 4.31. The van der Waals surface area contributed by atoms with Gasteiger partial charge in [0.1, 0.15) is 29.8 Å². The highest BCUT2D eigenvalue weighted by molar-refractivity contribution is 5.93. The lowest BCUT2D eigenvalue weighted by molar-refractivity contribution is -0.124. The van der Waals surface area contributed by atoms with Gasteiger partial charge in [-0.2, -0.15) is 0 Å². The minimum atomic E-state index is -1.23. The molecule has 0 aromatic carbocycles. The molecule has 0 heterocycles. The average molecular weight is 711 g/mol. The van der Waals surface area contributed by atoms with Gasteiger partial charge in [-0.25, -0.2) is 0 Å². The molecular weight excluding hydrogens is 660 g/mol. The molecule has 14 heteroatoms. The highest BCUT2D eigenvalue weighted by Crippen LogP contribution is 2.26. The second-order valence-electron chi connectivity index (χ2n) is 11.2. The van der Waals surface area contributed by atoms with Crippen molar-refractivity contribution in [3.8, 4) is 12.3 Å². The van der Waals surface area contributed by atoms with Crippen LogP contribution in [0.5, 0.6) is 0 Å². The molecule has 0 aromatic rings. The van der Waals surface area contributed by atoms with Gasteiger partial charge in [0, 0.05) is 44.4 Å². The third-order valence-corrected chi connectivity index (χ3v) is 7.17. The van der Waals surface area contributed by atoms with E-state index in [0.717, 1.165) is 0 Å². The Balaban J connectivity index is 5.68. The van der Waals surface area contributed by atoms with E-state index in [9.17, 15) is 34.5 Å². The number of nitrogens with one attached hydrogen (secondary N) is 4. The average Bonchev–Trinajstić information content (AvgIpc) is 3.11. The zero-order chi connectivity index (χ0) is 38.7.